The van der Waals surface area contributed by atoms with Crippen LogP contribution in [0.25, 0.3) is 21.7 Å². The number of thiazole rings is 1. The zero-order valence-electron chi connectivity index (χ0n) is 19.5. The molecular formula is C22H26N8OS2. The number of aryl methyl sites for hydroxylation is 2. The van der Waals surface area contributed by atoms with E-state index in [9.17, 15) is 4.79 Å². The number of nitrogens with zero attached hydrogens (tertiary/aromatic N) is 6. The van der Waals surface area contributed by atoms with E-state index < -0.39 is 0 Å². The van der Waals surface area contributed by atoms with Gasteiger partial charge in [0, 0.05) is 18.7 Å². The molecule has 0 bridgehead atoms. The van der Waals surface area contributed by atoms with E-state index >= 15 is 0 Å². The number of fused-ring (bicyclic) bond motifs is 1. The van der Waals surface area contributed by atoms with Gasteiger partial charge in [0.2, 0.25) is 0 Å². The van der Waals surface area contributed by atoms with Crippen LogP contribution in [0.1, 0.15) is 67.0 Å². The largest absolute Gasteiger partial charge is 0.303 e. The quantitative estimate of drug-likeness (QED) is 0.403. The minimum absolute atomic E-state index is 0.212. The second-order valence-corrected chi connectivity index (χ2v) is 10.9. The van der Waals surface area contributed by atoms with Crippen LogP contribution in [0.3, 0.4) is 0 Å². The van der Waals surface area contributed by atoms with Crippen molar-refractivity contribution in [1.82, 2.24) is 34.5 Å². The van der Waals surface area contributed by atoms with Gasteiger partial charge in [0.25, 0.3) is 5.91 Å². The number of anilines is 1. The van der Waals surface area contributed by atoms with Gasteiger partial charge in [0.1, 0.15) is 0 Å². The van der Waals surface area contributed by atoms with Gasteiger partial charge in [-0.3, -0.25) is 15.2 Å². The number of hydrogen-bond donors (Lipinski definition) is 2. The van der Waals surface area contributed by atoms with Crippen LogP contribution >= 0.6 is 23.6 Å². The lowest BCUT2D eigenvalue weighted by molar-refractivity contribution is 0.102. The maximum atomic E-state index is 13.5. The topological polar surface area (TPSA) is 106 Å². The van der Waals surface area contributed by atoms with E-state index in [1.165, 1.54) is 11.3 Å². The molecule has 2 N–H and O–H groups in total. The highest BCUT2D eigenvalue weighted by Crippen LogP contribution is 2.41. The number of H-pyrrole nitrogens is 1. The summed E-state index contributed by atoms with van der Waals surface area (Å²) < 4.78 is 4.25. The standard InChI is InChI=1S/C22H26N8OS2/c1-10-15-13(9-14(12-7-8-12)24-17(15)30(28-10)22(3,4)5)19(31)25-20-23-11(2)16(33-20)18-26-27-21(32)29(18)6/h9,12H,7-8H2,1-6H3,(H,27,32)(H,23,25,31). The Kier molecular flexibility index (Phi) is 5.02. The Bertz CT molecular complexity index is 1460. The Balaban J connectivity index is 1.57. The number of amides is 1. The summed E-state index contributed by atoms with van der Waals surface area (Å²) in [5.41, 5.74) is 3.62. The first-order chi connectivity index (χ1) is 15.5. The normalized spacial score (nSPS) is 14.2. The van der Waals surface area contributed by atoms with Crippen molar-refractivity contribution in [3.63, 3.8) is 0 Å². The van der Waals surface area contributed by atoms with Crippen molar-refractivity contribution in [2.24, 2.45) is 7.05 Å². The molecule has 0 aliphatic heterocycles. The summed E-state index contributed by atoms with van der Waals surface area (Å²) >= 11 is 6.60. The van der Waals surface area contributed by atoms with Crippen LogP contribution in [0.15, 0.2) is 6.07 Å². The Morgan fingerprint density at radius 1 is 1.24 bits per heavy atom. The van der Waals surface area contributed by atoms with Crippen LogP contribution in [-0.4, -0.2) is 40.4 Å². The zero-order valence-corrected chi connectivity index (χ0v) is 21.1. The maximum Gasteiger partial charge on any atom is 0.258 e. The molecule has 1 amide bonds. The summed E-state index contributed by atoms with van der Waals surface area (Å²) in [7, 11) is 1.85. The fourth-order valence-corrected chi connectivity index (χ4v) is 5.03. The van der Waals surface area contributed by atoms with E-state index in [4.69, 9.17) is 22.3 Å². The number of rotatable bonds is 4. The first-order valence-electron chi connectivity index (χ1n) is 10.9. The van der Waals surface area contributed by atoms with Gasteiger partial charge in [-0.1, -0.05) is 11.3 Å². The Morgan fingerprint density at radius 2 is 1.97 bits per heavy atom. The summed E-state index contributed by atoms with van der Waals surface area (Å²) in [5.74, 6) is 0.891. The van der Waals surface area contributed by atoms with E-state index in [0.29, 0.717) is 27.2 Å². The molecular weight excluding hydrogens is 456 g/mol. The number of aromatic amines is 1. The number of carbonyl (C=O) groups excluding carboxylic acids is 1. The second-order valence-electron chi connectivity index (χ2n) is 9.53. The van der Waals surface area contributed by atoms with E-state index in [1.807, 2.05) is 31.6 Å². The van der Waals surface area contributed by atoms with Gasteiger partial charge in [-0.15, -0.1) is 0 Å². The molecule has 11 heteroatoms. The van der Waals surface area contributed by atoms with E-state index in [1.54, 1.807) is 4.57 Å². The van der Waals surface area contributed by atoms with Gasteiger partial charge >= 0.3 is 0 Å². The minimum Gasteiger partial charge on any atom is -0.303 e. The Labute approximate surface area is 200 Å². The lowest BCUT2D eigenvalue weighted by Crippen LogP contribution is -2.23. The van der Waals surface area contributed by atoms with Crippen molar-refractivity contribution in [3.8, 4) is 10.7 Å². The van der Waals surface area contributed by atoms with E-state index in [-0.39, 0.29) is 11.4 Å². The van der Waals surface area contributed by atoms with Crippen LogP contribution in [0.2, 0.25) is 0 Å². The Hall–Kier alpha value is -2.92. The fourth-order valence-electron chi connectivity index (χ4n) is 3.92. The van der Waals surface area contributed by atoms with Crippen molar-refractivity contribution in [3.05, 3.63) is 33.5 Å². The third-order valence-electron chi connectivity index (χ3n) is 5.81. The molecule has 0 saturated heterocycles. The maximum absolute atomic E-state index is 13.5. The second kappa shape index (κ2) is 7.56. The molecule has 5 rings (SSSR count). The van der Waals surface area contributed by atoms with Gasteiger partial charge in [0.15, 0.2) is 21.4 Å². The predicted molar refractivity (Wildman–Crippen MR) is 131 cm³/mol. The van der Waals surface area contributed by atoms with Crippen molar-refractivity contribution in [2.75, 3.05) is 5.32 Å². The molecule has 1 aliphatic carbocycles. The van der Waals surface area contributed by atoms with Gasteiger partial charge in [-0.2, -0.15) is 10.2 Å². The fraction of sp³-hybridized carbons (Fsp3) is 0.455. The van der Waals surface area contributed by atoms with E-state index in [2.05, 4.69) is 41.3 Å². The van der Waals surface area contributed by atoms with Crippen molar-refractivity contribution < 1.29 is 4.79 Å². The van der Waals surface area contributed by atoms with Crippen LogP contribution < -0.4 is 5.32 Å². The molecule has 0 unspecified atom stereocenters. The van der Waals surface area contributed by atoms with Crippen molar-refractivity contribution >= 4 is 45.6 Å². The smallest absolute Gasteiger partial charge is 0.258 e. The SMILES string of the molecule is Cc1nc(NC(=O)c2cc(C3CC3)nc3c2c(C)nn3C(C)(C)C)sc1-c1n[nH]c(=S)n1C. The molecule has 4 aromatic rings. The third kappa shape index (κ3) is 3.78. The molecule has 0 atom stereocenters. The highest BCUT2D eigenvalue weighted by atomic mass is 32.1. The van der Waals surface area contributed by atoms with Crippen LogP contribution in [-0.2, 0) is 12.6 Å². The zero-order chi connectivity index (χ0) is 23.7. The minimum atomic E-state index is -0.251. The lowest BCUT2D eigenvalue weighted by Gasteiger charge is -2.20. The van der Waals surface area contributed by atoms with Gasteiger partial charge < -0.3 is 4.57 Å². The first kappa shape index (κ1) is 21.9. The molecule has 1 fully saturated rings. The molecule has 9 nitrogen and oxygen atoms in total. The molecule has 0 spiro atoms. The summed E-state index contributed by atoms with van der Waals surface area (Å²) in [6, 6.07) is 1.93. The first-order valence-corrected chi connectivity index (χ1v) is 12.1. The van der Waals surface area contributed by atoms with Gasteiger partial charge in [-0.05, 0) is 65.7 Å². The molecule has 0 radical (unpaired) electrons. The molecule has 1 aliphatic rings. The number of hydrogen-bond acceptors (Lipinski definition) is 7. The molecule has 4 aromatic heterocycles. The monoisotopic (exact) mass is 482 g/mol. The van der Waals surface area contributed by atoms with Crippen LogP contribution in [0.5, 0.6) is 0 Å². The molecule has 33 heavy (non-hydrogen) atoms. The van der Waals surface area contributed by atoms with Crippen LogP contribution in [0.4, 0.5) is 5.13 Å². The van der Waals surface area contributed by atoms with Crippen LogP contribution in [0, 0.1) is 18.6 Å². The highest BCUT2D eigenvalue weighted by molar-refractivity contribution is 7.71. The number of aromatic nitrogens is 7. The summed E-state index contributed by atoms with van der Waals surface area (Å²) in [5, 5.41) is 16.1. The summed E-state index contributed by atoms with van der Waals surface area (Å²) in [6.45, 7) is 10.1. The molecule has 4 heterocycles. The lowest BCUT2D eigenvalue weighted by atomic mass is 10.1. The summed E-state index contributed by atoms with van der Waals surface area (Å²) in [4.78, 5) is 23.9. The van der Waals surface area contributed by atoms with E-state index in [0.717, 1.165) is 45.8 Å². The average molecular weight is 483 g/mol. The average Bonchev–Trinajstić information content (AvgIpc) is 3.36. The number of nitrogens with one attached hydrogen (secondary N) is 2. The Morgan fingerprint density at radius 3 is 2.58 bits per heavy atom. The highest BCUT2D eigenvalue weighted by Gasteiger charge is 2.30. The predicted octanol–water partition coefficient (Wildman–Crippen LogP) is 4.85. The molecule has 0 aromatic carbocycles. The number of pyridine rings is 1. The molecule has 172 valence electrons. The van der Waals surface area contributed by atoms with Crippen molar-refractivity contribution in [2.45, 2.75) is 58.9 Å². The van der Waals surface area contributed by atoms with Gasteiger partial charge in [-0.25, -0.2) is 14.6 Å². The van der Waals surface area contributed by atoms with Crippen molar-refractivity contribution in [1.29, 1.82) is 0 Å². The third-order valence-corrected chi connectivity index (χ3v) is 7.24. The summed E-state index contributed by atoms with van der Waals surface area (Å²) in [6.07, 6.45) is 2.20. The van der Waals surface area contributed by atoms with Gasteiger partial charge in [0.05, 0.1) is 32.8 Å². The number of carbonyl (C=O) groups is 1. The molecule has 1 saturated carbocycles.